The summed E-state index contributed by atoms with van der Waals surface area (Å²) in [6, 6.07) is 1.90. The number of nitrogens with zero attached hydrogens (tertiary/aromatic N) is 2. The maximum Gasteiger partial charge on any atom is 0.150 e. The smallest absolute Gasteiger partial charge is 0.150 e. The van der Waals surface area contributed by atoms with Gasteiger partial charge < -0.3 is 4.52 Å². The molecule has 2 rings (SSSR count). The van der Waals surface area contributed by atoms with Crippen LogP contribution in [0.3, 0.4) is 0 Å². The van der Waals surface area contributed by atoms with Crippen LogP contribution in [0.25, 0.3) is 0 Å². The molecule has 1 aliphatic rings. The van der Waals surface area contributed by atoms with Crippen LogP contribution in [-0.2, 0) is 6.54 Å². The SMILES string of the molecule is Cc1cc(CN2CCCC(F)C2)on1. The third-order valence-electron chi connectivity index (χ3n) is 2.50. The molecule has 0 aromatic carbocycles. The second kappa shape index (κ2) is 4.09. The zero-order chi connectivity index (χ0) is 9.97. The maximum absolute atomic E-state index is 13.1. The Morgan fingerprint density at radius 2 is 2.57 bits per heavy atom. The summed E-state index contributed by atoms with van der Waals surface area (Å²) < 4.78 is 18.1. The molecule has 1 unspecified atom stereocenters. The van der Waals surface area contributed by atoms with Crippen molar-refractivity contribution >= 4 is 0 Å². The van der Waals surface area contributed by atoms with E-state index in [1.54, 1.807) is 0 Å². The molecule has 0 spiro atoms. The van der Waals surface area contributed by atoms with Crippen molar-refractivity contribution in [2.75, 3.05) is 13.1 Å². The number of hydrogen-bond donors (Lipinski definition) is 0. The lowest BCUT2D eigenvalue weighted by molar-refractivity contribution is 0.123. The molecule has 2 heterocycles. The molecule has 0 N–H and O–H groups in total. The summed E-state index contributed by atoms with van der Waals surface area (Å²) in [5.74, 6) is 0.830. The lowest BCUT2D eigenvalue weighted by Crippen LogP contribution is -2.35. The number of rotatable bonds is 2. The molecule has 3 nitrogen and oxygen atoms in total. The third kappa shape index (κ3) is 2.32. The molecule has 4 heteroatoms. The molecule has 1 aliphatic heterocycles. The van der Waals surface area contributed by atoms with E-state index < -0.39 is 6.17 Å². The molecule has 0 saturated carbocycles. The zero-order valence-electron chi connectivity index (χ0n) is 8.37. The minimum absolute atomic E-state index is 0.528. The van der Waals surface area contributed by atoms with Crippen LogP contribution in [0.2, 0.25) is 0 Å². The minimum Gasteiger partial charge on any atom is -0.360 e. The van der Waals surface area contributed by atoms with Crippen molar-refractivity contribution < 1.29 is 8.91 Å². The van der Waals surface area contributed by atoms with Gasteiger partial charge in [-0.3, -0.25) is 4.90 Å². The van der Waals surface area contributed by atoms with Gasteiger partial charge in [-0.25, -0.2) is 4.39 Å². The van der Waals surface area contributed by atoms with E-state index in [1.165, 1.54) is 0 Å². The van der Waals surface area contributed by atoms with Crippen molar-refractivity contribution in [2.24, 2.45) is 0 Å². The Bertz CT molecular complexity index is 300. The molecule has 14 heavy (non-hydrogen) atoms. The van der Waals surface area contributed by atoms with Crippen molar-refractivity contribution in [3.8, 4) is 0 Å². The van der Waals surface area contributed by atoms with Crippen LogP contribution >= 0.6 is 0 Å². The Labute approximate surface area is 82.9 Å². The number of halogens is 1. The van der Waals surface area contributed by atoms with Gasteiger partial charge >= 0.3 is 0 Å². The molecular formula is C10H15FN2O. The van der Waals surface area contributed by atoms with Gasteiger partial charge in [0.05, 0.1) is 12.2 Å². The molecule has 1 fully saturated rings. The topological polar surface area (TPSA) is 29.3 Å². The van der Waals surface area contributed by atoms with E-state index in [2.05, 4.69) is 10.1 Å². The number of hydrogen-bond acceptors (Lipinski definition) is 3. The Kier molecular flexibility index (Phi) is 2.82. The molecule has 0 amide bonds. The minimum atomic E-state index is -0.673. The number of alkyl halides is 1. The van der Waals surface area contributed by atoms with Crippen molar-refractivity contribution in [1.29, 1.82) is 0 Å². The van der Waals surface area contributed by atoms with Crippen LogP contribution in [0.1, 0.15) is 24.3 Å². The van der Waals surface area contributed by atoms with Crippen LogP contribution in [0.4, 0.5) is 4.39 Å². The molecule has 1 aromatic heterocycles. The van der Waals surface area contributed by atoms with E-state index in [0.717, 1.165) is 24.4 Å². The van der Waals surface area contributed by atoms with E-state index in [-0.39, 0.29) is 0 Å². The van der Waals surface area contributed by atoms with Crippen molar-refractivity contribution in [1.82, 2.24) is 10.1 Å². The van der Waals surface area contributed by atoms with Gasteiger partial charge in [0.2, 0.25) is 0 Å². The molecule has 1 atom stereocenters. The summed E-state index contributed by atoms with van der Waals surface area (Å²) in [5.41, 5.74) is 0.883. The summed E-state index contributed by atoms with van der Waals surface area (Å²) in [6.45, 7) is 4.06. The lowest BCUT2D eigenvalue weighted by atomic mass is 10.1. The molecule has 0 bridgehead atoms. The highest BCUT2D eigenvalue weighted by atomic mass is 19.1. The predicted molar refractivity (Wildman–Crippen MR) is 50.6 cm³/mol. The fourth-order valence-corrected chi connectivity index (χ4v) is 1.85. The number of aromatic nitrogens is 1. The highest BCUT2D eigenvalue weighted by Gasteiger charge is 2.19. The van der Waals surface area contributed by atoms with E-state index in [4.69, 9.17) is 4.52 Å². The average molecular weight is 198 g/mol. The second-order valence-corrected chi connectivity index (χ2v) is 3.91. The molecular weight excluding hydrogens is 183 g/mol. The Hall–Kier alpha value is -0.900. The van der Waals surface area contributed by atoms with Crippen LogP contribution in [-0.4, -0.2) is 29.3 Å². The van der Waals surface area contributed by atoms with Crippen LogP contribution in [0.15, 0.2) is 10.6 Å². The van der Waals surface area contributed by atoms with Gasteiger partial charge in [-0.05, 0) is 26.3 Å². The van der Waals surface area contributed by atoms with Gasteiger partial charge in [0.15, 0.2) is 5.76 Å². The fraction of sp³-hybridized carbons (Fsp3) is 0.700. The summed E-state index contributed by atoms with van der Waals surface area (Å²) in [7, 11) is 0. The number of likely N-dealkylation sites (tertiary alicyclic amines) is 1. The van der Waals surface area contributed by atoms with E-state index >= 15 is 0 Å². The summed E-state index contributed by atoms with van der Waals surface area (Å²) >= 11 is 0. The van der Waals surface area contributed by atoms with Crippen molar-refractivity contribution in [3.63, 3.8) is 0 Å². The first-order chi connectivity index (χ1) is 6.74. The van der Waals surface area contributed by atoms with Crippen molar-refractivity contribution in [3.05, 3.63) is 17.5 Å². The second-order valence-electron chi connectivity index (χ2n) is 3.91. The number of piperidine rings is 1. The van der Waals surface area contributed by atoms with Gasteiger partial charge in [0.25, 0.3) is 0 Å². The summed E-state index contributed by atoms with van der Waals surface area (Å²) in [6.07, 6.45) is 0.966. The van der Waals surface area contributed by atoms with Gasteiger partial charge in [-0.2, -0.15) is 0 Å². The van der Waals surface area contributed by atoms with Gasteiger partial charge in [-0.15, -0.1) is 0 Å². The first-order valence-electron chi connectivity index (χ1n) is 5.02. The first-order valence-corrected chi connectivity index (χ1v) is 5.02. The highest BCUT2D eigenvalue weighted by molar-refractivity contribution is 5.03. The lowest BCUT2D eigenvalue weighted by Gasteiger charge is -2.27. The highest BCUT2D eigenvalue weighted by Crippen LogP contribution is 2.15. The van der Waals surface area contributed by atoms with Crippen LogP contribution in [0.5, 0.6) is 0 Å². The third-order valence-corrected chi connectivity index (χ3v) is 2.50. The average Bonchev–Trinajstić information content (AvgIpc) is 2.51. The fourth-order valence-electron chi connectivity index (χ4n) is 1.85. The number of aryl methyl sites for hydroxylation is 1. The predicted octanol–water partition coefficient (Wildman–Crippen LogP) is 1.92. The van der Waals surface area contributed by atoms with Crippen LogP contribution in [0, 0.1) is 6.92 Å². The molecule has 1 aromatic rings. The summed E-state index contributed by atoms with van der Waals surface area (Å²) in [4.78, 5) is 2.08. The Balaban J connectivity index is 1.90. The quantitative estimate of drug-likeness (QED) is 0.727. The molecule has 0 radical (unpaired) electrons. The van der Waals surface area contributed by atoms with Gasteiger partial charge in [-0.1, -0.05) is 5.16 Å². The van der Waals surface area contributed by atoms with Gasteiger partial charge in [0.1, 0.15) is 6.17 Å². The van der Waals surface area contributed by atoms with E-state index in [0.29, 0.717) is 19.5 Å². The van der Waals surface area contributed by atoms with Crippen LogP contribution < -0.4 is 0 Å². The Morgan fingerprint density at radius 1 is 1.71 bits per heavy atom. The standard InChI is InChI=1S/C10H15FN2O/c1-8-5-10(14-12-8)7-13-4-2-3-9(11)6-13/h5,9H,2-4,6-7H2,1H3. The van der Waals surface area contributed by atoms with E-state index in [9.17, 15) is 4.39 Å². The molecule has 78 valence electrons. The Morgan fingerprint density at radius 3 is 3.21 bits per heavy atom. The summed E-state index contributed by atoms with van der Waals surface area (Å²) in [5, 5.41) is 3.81. The monoisotopic (exact) mass is 198 g/mol. The maximum atomic E-state index is 13.1. The molecule has 0 aliphatic carbocycles. The van der Waals surface area contributed by atoms with Crippen molar-refractivity contribution in [2.45, 2.75) is 32.5 Å². The molecule has 1 saturated heterocycles. The first kappa shape index (κ1) is 9.65. The normalized spacial score (nSPS) is 24.0. The van der Waals surface area contributed by atoms with Gasteiger partial charge in [0, 0.05) is 12.6 Å². The zero-order valence-corrected chi connectivity index (χ0v) is 8.37. The largest absolute Gasteiger partial charge is 0.360 e. The van der Waals surface area contributed by atoms with E-state index in [1.807, 2.05) is 13.0 Å².